The third-order valence-corrected chi connectivity index (χ3v) is 5.59. The third-order valence-electron chi connectivity index (χ3n) is 2.53. The molecule has 0 amide bonds. The number of hydrogen-bond donors (Lipinski definition) is 1. The van der Waals surface area contributed by atoms with Crippen LogP contribution in [-0.4, -0.2) is 17.8 Å². The number of rotatable bonds is 3. The van der Waals surface area contributed by atoms with Crippen molar-refractivity contribution in [2.75, 3.05) is 4.72 Å². The number of fused-ring (bicyclic) bond motifs is 1. The zero-order valence-electron chi connectivity index (χ0n) is 9.75. The predicted octanol–water partition coefficient (Wildman–Crippen LogP) is 3.61. The number of nitrogens with one attached hydrogen (secondary N) is 1. The minimum Gasteiger partial charge on any atom is -0.278 e. The van der Waals surface area contributed by atoms with Gasteiger partial charge in [-0.25, -0.2) is 4.98 Å². The highest BCUT2D eigenvalue weighted by Crippen LogP contribution is 2.27. The Morgan fingerprint density at radius 3 is 2.70 bits per heavy atom. The number of hydrogen-bond acceptors (Lipinski definition) is 4. The van der Waals surface area contributed by atoms with Gasteiger partial charge in [-0.2, -0.15) is 8.42 Å². The second-order valence-corrected chi connectivity index (χ2v) is 7.62. The zero-order valence-corrected chi connectivity index (χ0v) is 13.7. The molecule has 9 heteroatoms. The molecule has 0 spiro atoms. The number of thiazole rings is 1. The lowest BCUT2D eigenvalue weighted by molar-refractivity contribution is 0.597. The van der Waals surface area contributed by atoms with E-state index in [9.17, 15) is 8.42 Å². The van der Waals surface area contributed by atoms with Crippen LogP contribution in [0.2, 0.25) is 5.15 Å². The van der Waals surface area contributed by atoms with Crippen molar-refractivity contribution >= 4 is 59.5 Å². The molecule has 0 atom stereocenters. The van der Waals surface area contributed by atoms with Gasteiger partial charge >= 0.3 is 0 Å². The molecule has 0 saturated carbocycles. The molecule has 0 fully saturated rings. The molecule has 0 radical (unpaired) electrons. The molecular weight excluding hydrogens is 386 g/mol. The Labute approximate surface area is 132 Å². The Kier molecular flexibility index (Phi) is 3.49. The quantitative estimate of drug-likeness (QED) is 0.740. The van der Waals surface area contributed by atoms with Gasteiger partial charge in [-0.15, -0.1) is 11.3 Å². The van der Waals surface area contributed by atoms with E-state index in [4.69, 9.17) is 11.6 Å². The van der Waals surface area contributed by atoms with Crippen LogP contribution in [0.4, 0.5) is 5.69 Å². The number of halogens is 2. The Bertz CT molecular complexity index is 871. The molecule has 0 aliphatic rings. The highest BCUT2D eigenvalue weighted by molar-refractivity contribution is 9.10. The van der Waals surface area contributed by atoms with E-state index in [1.807, 2.05) is 0 Å². The SMILES string of the molecule is O=S(=O)(Nc1ccc(Br)cc1)c1c(Cl)nc2sccn12. The van der Waals surface area contributed by atoms with Gasteiger partial charge in [0.25, 0.3) is 10.0 Å². The maximum atomic E-state index is 12.4. The van der Waals surface area contributed by atoms with Gasteiger partial charge in [-0.1, -0.05) is 27.5 Å². The Hall–Kier alpha value is -1.09. The lowest BCUT2D eigenvalue weighted by Gasteiger charge is -2.07. The number of benzene rings is 1. The van der Waals surface area contributed by atoms with Gasteiger partial charge in [-0.05, 0) is 24.3 Å². The van der Waals surface area contributed by atoms with E-state index in [1.54, 1.807) is 35.8 Å². The molecule has 2 heterocycles. The molecule has 20 heavy (non-hydrogen) atoms. The normalized spacial score (nSPS) is 11.9. The van der Waals surface area contributed by atoms with Crippen LogP contribution < -0.4 is 4.72 Å². The van der Waals surface area contributed by atoms with Crippen molar-refractivity contribution in [3.8, 4) is 0 Å². The van der Waals surface area contributed by atoms with Gasteiger partial charge in [0.15, 0.2) is 15.1 Å². The van der Waals surface area contributed by atoms with E-state index in [0.29, 0.717) is 10.6 Å². The summed E-state index contributed by atoms with van der Waals surface area (Å²) < 4.78 is 29.6. The Morgan fingerprint density at radius 2 is 2.00 bits per heavy atom. The fourth-order valence-corrected chi connectivity index (χ4v) is 4.48. The van der Waals surface area contributed by atoms with Crippen molar-refractivity contribution in [1.82, 2.24) is 9.38 Å². The van der Waals surface area contributed by atoms with E-state index in [-0.39, 0.29) is 10.2 Å². The monoisotopic (exact) mass is 391 g/mol. The van der Waals surface area contributed by atoms with Gasteiger partial charge in [0.1, 0.15) is 0 Å². The van der Waals surface area contributed by atoms with Crippen molar-refractivity contribution in [1.29, 1.82) is 0 Å². The third kappa shape index (κ3) is 2.44. The fraction of sp³-hybridized carbons (Fsp3) is 0. The van der Waals surface area contributed by atoms with Gasteiger partial charge in [-0.3, -0.25) is 9.12 Å². The van der Waals surface area contributed by atoms with Crippen LogP contribution in [0, 0.1) is 0 Å². The van der Waals surface area contributed by atoms with Crippen molar-refractivity contribution in [3.05, 3.63) is 45.5 Å². The molecule has 104 valence electrons. The Morgan fingerprint density at radius 1 is 1.30 bits per heavy atom. The van der Waals surface area contributed by atoms with E-state index in [2.05, 4.69) is 25.6 Å². The van der Waals surface area contributed by atoms with Crippen LogP contribution in [0.5, 0.6) is 0 Å². The topological polar surface area (TPSA) is 63.5 Å². The maximum Gasteiger partial charge on any atom is 0.281 e. The summed E-state index contributed by atoms with van der Waals surface area (Å²) in [6, 6.07) is 6.80. The fourth-order valence-electron chi connectivity index (χ4n) is 1.70. The van der Waals surface area contributed by atoms with Crippen molar-refractivity contribution in [2.45, 2.75) is 5.03 Å². The predicted molar refractivity (Wildman–Crippen MR) is 83.0 cm³/mol. The first-order valence-electron chi connectivity index (χ1n) is 5.37. The summed E-state index contributed by atoms with van der Waals surface area (Å²) in [5.41, 5.74) is 0.453. The first kappa shape index (κ1) is 13.9. The number of nitrogens with zero attached hydrogens (tertiary/aromatic N) is 2. The zero-order chi connectivity index (χ0) is 14.3. The van der Waals surface area contributed by atoms with Gasteiger partial charge in [0, 0.05) is 21.7 Å². The van der Waals surface area contributed by atoms with Gasteiger partial charge < -0.3 is 0 Å². The highest BCUT2D eigenvalue weighted by atomic mass is 79.9. The van der Waals surface area contributed by atoms with E-state index < -0.39 is 10.0 Å². The molecule has 3 aromatic rings. The minimum atomic E-state index is -3.80. The van der Waals surface area contributed by atoms with Crippen LogP contribution in [0.15, 0.2) is 45.3 Å². The molecule has 0 aliphatic carbocycles. The van der Waals surface area contributed by atoms with Crippen molar-refractivity contribution in [2.24, 2.45) is 0 Å². The standard InChI is InChI=1S/C11H7BrClN3O2S2/c12-7-1-3-8(4-2-7)15-20(17,18)10-9(13)14-11-16(10)5-6-19-11/h1-6,15H. The summed E-state index contributed by atoms with van der Waals surface area (Å²) in [6.07, 6.45) is 1.62. The van der Waals surface area contributed by atoms with Crippen LogP contribution in [-0.2, 0) is 10.0 Å². The summed E-state index contributed by atoms with van der Waals surface area (Å²) in [5.74, 6) is 0. The molecule has 0 saturated heterocycles. The summed E-state index contributed by atoms with van der Waals surface area (Å²) in [5, 5.41) is 1.65. The molecule has 1 N–H and O–H groups in total. The lowest BCUT2D eigenvalue weighted by Crippen LogP contribution is -2.15. The number of anilines is 1. The summed E-state index contributed by atoms with van der Waals surface area (Å²) in [6.45, 7) is 0. The largest absolute Gasteiger partial charge is 0.281 e. The molecule has 5 nitrogen and oxygen atoms in total. The number of sulfonamides is 1. The molecule has 2 aromatic heterocycles. The van der Waals surface area contributed by atoms with Crippen molar-refractivity contribution < 1.29 is 8.42 Å². The average Bonchev–Trinajstić information content (AvgIpc) is 2.91. The van der Waals surface area contributed by atoms with Crippen LogP contribution >= 0.6 is 38.9 Å². The molecule has 3 rings (SSSR count). The molecule has 0 aliphatic heterocycles. The molecule has 0 bridgehead atoms. The second kappa shape index (κ2) is 5.03. The first-order valence-corrected chi connectivity index (χ1v) is 8.90. The highest BCUT2D eigenvalue weighted by Gasteiger charge is 2.25. The van der Waals surface area contributed by atoms with Crippen LogP contribution in [0.1, 0.15) is 0 Å². The minimum absolute atomic E-state index is 0.0403. The van der Waals surface area contributed by atoms with Crippen LogP contribution in [0.3, 0.4) is 0 Å². The summed E-state index contributed by atoms with van der Waals surface area (Å²) in [4.78, 5) is 4.55. The first-order chi connectivity index (χ1) is 9.47. The summed E-state index contributed by atoms with van der Waals surface area (Å²) in [7, 11) is -3.80. The van der Waals surface area contributed by atoms with Gasteiger partial charge in [0.2, 0.25) is 0 Å². The van der Waals surface area contributed by atoms with E-state index in [0.717, 1.165) is 4.47 Å². The molecular formula is C11H7BrClN3O2S2. The Balaban J connectivity index is 2.05. The summed E-state index contributed by atoms with van der Waals surface area (Å²) >= 11 is 10.5. The molecule has 0 unspecified atom stereocenters. The number of aromatic nitrogens is 2. The smallest absolute Gasteiger partial charge is 0.278 e. The second-order valence-electron chi connectivity index (χ2n) is 3.88. The van der Waals surface area contributed by atoms with E-state index >= 15 is 0 Å². The van der Waals surface area contributed by atoms with Gasteiger partial charge in [0.05, 0.1) is 0 Å². The maximum absolute atomic E-state index is 12.4. The molecule has 1 aromatic carbocycles. The van der Waals surface area contributed by atoms with Crippen LogP contribution in [0.25, 0.3) is 4.96 Å². The lowest BCUT2D eigenvalue weighted by atomic mass is 10.3. The number of imidazole rings is 1. The average molecular weight is 393 g/mol. The van der Waals surface area contributed by atoms with Crippen molar-refractivity contribution in [3.63, 3.8) is 0 Å². The van der Waals surface area contributed by atoms with E-state index in [1.165, 1.54) is 15.7 Å².